The van der Waals surface area contributed by atoms with Crippen molar-refractivity contribution in [1.82, 2.24) is 9.97 Å². The quantitative estimate of drug-likeness (QED) is 0.794. The summed E-state index contributed by atoms with van der Waals surface area (Å²) >= 11 is 5.63. The van der Waals surface area contributed by atoms with Crippen molar-refractivity contribution in [2.45, 2.75) is 18.9 Å². The van der Waals surface area contributed by atoms with Gasteiger partial charge in [0.1, 0.15) is 11.4 Å². The first-order chi connectivity index (χ1) is 8.16. The van der Waals surface area contributed by atoms with Gasteiger partial charge in [0.05, 0.1) is 6.10 Å². The van der Waals surface area contributed by atoms with Crippen LogP contribution in [-0.2, 0) is 4.74 Å². The summed E-state index contributed by atoms with van der Waals surface area (Å²) in [7, 11) is 0. The van der Waals surface area contributed by atoms with Crippen molar-refractivity contribution in [3.63, 3.8) is 0 Å². The van der Waals surface area contributed by atoms with Crippen LogP contribution in [0.1, 0.15) is 23.2 Å². The normalized spacial score (nSPS) is 19.2. The smallest absolute Gasteiger partial charge is 0.341 e. The third-order valence-corrected chi connectivity index (χ3v) is 2.69. The first-order valence-corrected chi connectivity index (χ1v) is 5.66. The van der Waals surface area contributed by atoms with E-state index in [0.717, 1.165) is 19.4 Å². The van der Waals surface area contributed by atoms with Crippen molar-refractivity contribution < 1.29 is 14.6 Å². The number of halogens is 1. The SMILES string of the molecule is O=C(O)c1cnc(Cl)nc1NCC1CCCO1. The molecule has 1 unspecified atom stereocenters. The van der Waals surface area contributed by atoms with Gasteiger partial charge in [0.15, 0.2) is 0 Å². The molecule has 17 heavy (non-hydrogen) atoms. The molecule has 1 aliphatic heterocycles. The first-order valence-electron chi connectivity index (χ1n) is 5.28. The van der Waals surface area contributed by atoms with Crippen molar-refractivity contribution in [3.8, 4) is 0 Å². The predicted molar refractivity (Wildman–Crippen MR) is 61.5 cm³/mol. The number of aromatic carboxylic acids is 1. The standard InChI is InChI=1S/C10H12ClN3O3/c11-10-13-5-7(9(15)16)8(14-10)12-4-6-2-1-3-17-6/h5-6H,1-4H2,(H,15,16)(H,12,13,14). The lowest BCUT2D eigenvalue weighted by Gasteiger charge is -2.12. The van der Waals surface area contributed by atoms with E-state index in [1.54, 1.807) is 0 Å². The number of ether oxygens (including phenoxy) is 1. The second kappa shape index (κ2) is 5.29. The predicted octanol–water partition coefficient (Wildman–Crippen LogP) is 1.42. The molecule has 0 bridgehead atoms. The molecule has 1 saturated heterocycles. The minimum absolute atomic E-state index is 0.00685. The van der Waals surface area contributed by atoms with Gasteiger partial charge in [0, 0.05) is 19.3 Å². The van der Waals surface area contributed by atoms with Crippen LogP contribution in [0.5, 0.6) is 0 Å². The van der Waals surface area contributed by atoms with Crippen molar-refractivity contribution in [2.24, 2.45) is 0 Å². The van der Waals surface area contributed by atoms with E-state index >= 15 is 0 Å². The van der Waals surface area contributed by atoms with Gasteiger partial charge in [-0.15, -0.1) is 0 Å². The Balaban J connectivity index is 2.07. The zero-order valence-corrected chi connectivity index (χ0v) is 9.78. The molecule has 2 heterocycles. The second-order valence-corrected chi connectivity index (χ2v) is 4.06. The monoisotopic (exact) mass is 257 g/mol. The Morgan fingerprint density at radius 1 is 1.71 bits per heavy atom. The highest BCUT2D eigenvalue weighted by atomic mass is 35.5. The Morgan fingerprint density at radius 2 is 2.53 bits per heavy atom. The van der Waals surface area contributed by atoms with Crippen LogP contribution < -0.4 is 5.32 Å². The summed E-state index contributed by atoms with van der Waals surface area (Å²) in [6.07, 6.45) is 3.29. The summed E-state index contributed by atoms with van der Waals surface area (Å²) in [6, 6.07) is 0. The van der Waals surface area contributed by atoms with Crippen LogP contribution in [0.15, 0.2) is 6.20 Å². The lowest BCUT2D eigenvalue weighted by molar-refractivity contribution is 0.0696. The highest BCUT2D eigenvalue weighted by Crippen LogP contribution is 2.16. The molecule has 0 saturated carbocycles. The Labute approximate surface area is 103 Å². The molecule has 92 valence electrons. The maximum absolute atomic E-state index is 10.9. The average Bonchev–Trinajstić information content (AvgIpc) is 2.78. The molecule has 7 heteroatoms. The molecule has 0 aliphatic carbocycles. The molecule has 2 N–H and O–H groups in total. The number of nitrogens with zero attached hydrogens (tertiary/aromatic N) is 2. The fraction of sp³-hybridized carbons (Fsp3) is 0.500. The zero-order valence-electron chi connectivity index (χ0n) is 9.02. The molecule has 0 amide bonds. The van der Waals surface area contributed by atoms with Crippen molar-refractivity contribution in [2.75, 3.05) is 18.5 Å². The van der Waals surface area contributed by atoms with Crippen molar-refractivity contribution in [3.05, 3.63) is 17.0 Å². The second-order valence-electron chi connectivity index (χ2n) is 3.72. The lowest BCUT2D eigenvalue weighted by Crippen LogP contribution is -2.20. The fourth-order valence-corrected chi connectivity index (χ4v) is 1.80. The van der Waals surface area contributed by atoms with Crippen LogP contribution in [0.2, 0.25) is 5.28 Å². The maximum Gasteiger partial charge on any atom is 0.341 e. The molecule has 2 rings (SSSR count). The van der Waals surface area contributed by atoms with Gasteiger partial charge in [-0.25, -0.2) is 9.78 Å². The molecule has 1 aromatic heterocycles. The fourth-order valence-electron chi connectivity index (χ4n) is 1.67. The van der Waals surface area contributed by atoms with Crippen molar-refractivity contribution in [1.29, 1.82) is 0 Å². The van der Waals surface area contributed by atoms with E-state index in [0.29, 0.717) is 6.54 Å². The maximum atomic E-state index is 10.9. The molecule has 1 atom stereocenters. The number of aromatic nitrogens is 2. The van der Waals surface area contributed by atoms with E-state index in [9.17, 15) is 4.79 Å². The summed E-state index contributed by atoms with van der Waals surface area (Å²) in [6.45, 7) is 1.27. The first kappa shape index (κ1) is 12.1. The molecule has 1 aromatic rings. The van der Waals surface area contributed by atoms with E-state index < -0.39 is 5.97 Å². The molecular formula is C10H12ClN3O3. The van der Waals surface area contributed by atoms with E-state index in [4.69, 9.17) is 21.4 Å². The highest BCUT2D eigenvalue weighted by Gasteiger charge is 2.18. The Morgan fingerprint density at radius 3 is 3.18 bits per heavy atom. The molecule has 0 radical (unpaired) electrons. The van der Waals surface area contributed by atoms with Crippen LogP contribution in [0, 0.1) is 0 Å². The Bertz CT molecular complexity index is 421. The number of anilines is 1. The van der Waals surface area contributed by atoms with Crippen LogP contribution in [-0.4, -0.2) is 40.3 Å². The number of carbonyl (C=O) groups is 1. The topological polar surface area (TPSA) is 84.3 Å². The number of hydrogen-bond donors (Lipinski definition) is 2. The van der Waals surface area contributed by atoms with Crippen LogP contribution >= 0.6 is 11.6 Å². The van der Waals surface area contributed by atoms with Gasteiger partial charge in [-0.05, 0) is 24.4 Å². The van der Waals surface area contributed by atoms with E-state index in [-0.39, 0.29) is 22.8 Å². The van der Waals surface area contributed by atoms with Gasteiger partial charge >= 0.3 is 5.97 Å². The summed E-state index contributed by atoms with van der Waals surface area (Å²) in [5.41, 5.74) is 0.00685. The minimum Gasteiger partial charge on any atom is -0.477 e. The number of nitrogens with one attached hydrogen (secondary N) is 1. The summed E-state index contributed by atoms with van der Waals surface area (Å²) < 4.78 is 5.42. The summed E-state index contributed by atoms with van der Waals surface area (Å²) in [5.74, 6) is -0.857. The summed E-state index contributed by atoms with van der Waals surface area (Å²) in [5, 5.41) is 11.9. The number of carboxylic acid groups (broad SMARTS) is 1. The molecular weight excluding hydrogens is 246 g/mol. The Kier molecular flexibility index (Phi) is 3.75. The van der Waals surface area contributed by atoms with Crippen LogP contribution in [0.25, 0.3) is 0 Å². The van der Waals surface area contributed by atoms with Crippen LogP contribution in [0.4, 0.5) is 5.82 Å². The lowest BCUT2D eigenvalue weighted by atomic mass is 10.2. The van der Waals surface area contributed by atoms with Gasteiger partial charge in [-0.3, -0.25) is 0 Å². The number of hydrogen-bond acceptors (Lipinski definition) is 5. The largest absolute Gasteiger partial charge is 0.477 e. The molecule has 1 fully saturated rings. The van der Waals surface area contributed by atoms with Gasteiger partial charge in [0.2, 0.25) is 5.28 Å². The minimum atomic E-state index is -1.09. The molecule has 1 aliphatic rings. The average molecular weight is 258 g/mol. The number of carboxylic acids is 1. The van der Waals surface area contributed by atoms with Gasteiger partial charge in [-0.1, -0.05) is 0 Å². The number of rotatable bonds is 4. The van der Waals surface area contributed by atoms with E-state index in [1.807, 2.05) is 0 Å². The van der Waals surface area contributed by atoms with Gasteiger partial charge < -0.3 is 15.2 Å². The zero-order chi connectivity index (χ0) is 12.3. The van der Waals surface area contributed by atoms with Gasteiger partial charge in [0.25, 0.3) is 0 Å². The highest BCUT2D eigenvalue weighted by molar-refractivity contribution is 6.28. The van der Waals surface area contributed by atoms with Crippen molar-refractivity contribution >= 4 is 23.4 Å². The third kappa shape index (κ3) is 3.04. The third-order valence-electron chi connectivity index (χ3n) is 2.51. The molecule has 0 aromatic carbocycles. The Hall–Kier alpha value is -1.40. The van der Waals surface area contributed by atoms with Crippen LogP contribution in [0.3, 0.4) is 0 Å². The summed E-state index contributed by atoms with van der Waals surface area (Å²) in [4.78, 5) is 18.4. The van der Waals surface area contributed by atoms with Gasteiger partial charge in [-0.2, -0.15) is 4.98 Å². The van der Waals surface area contributed by atoms with E-state index in [2.05, 4.69) is 15.3 Å². The van der Waals surface area contributed by atoms with E-state index in [1.165, 1.54) is 6.20 Å². The molecule has 6 nitrogen and oxygen atoms in total. The molecule has 0 spiro atoms.